The summed E-state index contributed by atoms with van der Waals surface area (Å²) in [6.07, 6.45) is 56.3. The van der Waals surface area contributed by atoms with E-state index in [1.807, 2.05) is 24.3 Å². The van der Waals surface area contributed by atoms with Gasteiger partial charge in [0.25, 0.3) is 0 Å². The molecule has 1 atom stereocenters. The highest BCUT2D eigenvalue weighted by molar-refractivity contribution is 5.88. The van der Waals surface area contributed by atoms with Crippen molar-refractivity contribution in [3.63, 3.8) is 0 Å². The van der Waals surface area contributed by atoms with E-state index in [0.717, 1.165) is 90.0 Å². The van der Waals surface area contributed by atoms with Gasteiger partial charge < -0.3 is 9.80 Å². The highest BCUT2D eigenvalue weighted by atomic mass is 15.2. The fourth-order valence-corrected chi connectivity index (χ4v) is 12.6. The lowest BCUT2D eigenvalue weighted by molar-refractivity contribution is 0.667. The Morgan fingerprint density at radius 1 is 0.726 bits per heavy atom. The van der Waals surface area contributed by atoms with E-state index in [9.17, 15) is 0 Å². The summed E-state index contributed by atoms with van der Waals surface area (Å²) in [6.45, 7) is 23.3. The van der Waals surface area contributed by atoms with Crippen LogP contribution in [0.25, 0.3) is 16.8 Å². The first kappa shape index (κ1) is 60.5. The zero-order chi connectivity index (χ0) is 58.5. The summed E-state index contributed by atoms with van der Waals surface area (Å²) in [4.78, 5) is 4.94. The Morgan fingerprint density at radius 3 is 2.25 bits per heavy atom. The van der Waals surface area contributed by atoms with Crippen molar-refractivity contribution in [3.8, 4) is 11.8 Å². The first-order valence-corrected chi connectivity index (χ1v) is 31.8. The van der Waals surface area contributed by atoms with Crippen LogP contribution in [-0.4, -0.2) is 6.54 Å². The molecule has 0 heterocycles. The number of hydrogen-bond acceptors (Lipinski definition) is 2. The van der Waals surface area contributed by atoms with Crippen molar-refractivity contribution in [1.82, 2.24) is 0 Å². The molecule has 0 fully saturated rings. The van der Waals surface area contributed by atoms with E-state index in [1.54, 1.807) is 0 Å². The molecule has 0 aliphatic heterocycles. The van der Waals surface area contributed by atoms with Crippen LogP contribution in [0.5, 0.6) is 0 Å². The van der Waals surface area contributed by atoms with Crippen molar-refractivity contribution < 1.29 is 0 Å². The third-order valence-corrected chi connectivity index (χ3v) is 17.4. The first-order chi connectivity index (χ1) is 41.2. The van der Waals surface area contributed by atoms with Gasteiger partial charge in [-0.3, -0.25) is 0 Å². The lowest BCUT2D eigenvalue weighted by atomic mass is 9.87. The van der Waals surface area contributed by atoms with E-state index in [4.69, 9.17) is 6.58 Å². The summed E-state index contributed by atoms with van der Waals surface area (Å²) in [7, 11) is 0. The minimum atomic E-state index is -0.260. The van der Waals surface area contributed by atoms with Crippen LogP contribution < -0.4 is 9.80 Å². The van der Waals surface area contributed by atoms with Gasteiger partial charge in [-0.25, -0.2) is 0 Å². The van der Waals surface area contributed by atoms with Gasteiger partial charge in [-0.05, 0) is 237 Å². The zero-order valence-electron chi connectivity index (χ0n) is 51.2. The van der Waals surface area contributed by atoms with Gasteiger partial charge in [0.15, 0.2) is 0 Å². The average Bonchev–Trinajstić information content (AvgIpc) is 4.07. The summed E-state index contributed by atoms with van der Waals surface area (Å²) in [5.74, 6) is 6.95. The van der Waals surface area contributed by atoms with E-state index in [2.05, 4.69) is 226 Å². The molecule has 9 rings (SSSR count). The number of fused-ring (bicyclic) bond motifs is 1. The molecular formula is C82H90N2. The minimum absolute atomic E-state index is 0.260. The van der Waals surface area contributed by atoms with E-state index < -0.39 is 0 Å². The largest absolute Gasteiger partial charge is 0.344 e. The summed E-state index contributed by atoms with van der Waals surface area (Å²) in [6, 6.07) is 32.1. The number of hydrogen-bond donors (Lipinski definition) is 0. The van der Waals surface area contributed by atoms with Gasteiger partial charge >= 0.3 is 0 Å². The third-order valence-electron chi connectivity index (χ3n) is 17.4. The van der Waals surface area contributed by atoms with Gasteiger partial charge in [-0.2, -0.15) is 0 Å². The molecule has 1 unspecified atom stereocenters. The van der Waals surface area contributed by atoms with Crippen molar-refractivity contribution in [3.05, 3.63) is 291 Å². The van der Waals surface area contributed by atoms with Gasteiger partial charge in [-0.1, -0.05) is 186 Å². The number of unbranched alkanes of at least 4 members (excludes halogenated alkanes) is 6. The van der Waals surface area contributed by atoms with E-state index in [0.29, 0.717) is 13.0 Å². The topological polar surface area (TPSA) is 6.48 Å². The zero-order valence-corrected chi connectivity index (χ0v) is 51.2. The second-order valence-corrected chi connectivity index (χ2v) is 23.5. The fourth-order valence-electron chi connectivity index (χ4n) is 12.6. The van der Waals surface area contributed by atoms with Crippen LogP contribution in [0, 0.1) is 24.7 Å². The Balaban J connectivity index is 1.13. The molecule has 4 aromatic carbocycles. The van der Waals surface area contributed by atoms with E-state index >= 15 is 0 Å². The Hall–Kier alpha value is -8.04. The van der Waals surface area contributed by atoms with Crippen LogP contribution in [0.15, 0.2) is 247 Å². The highest BCUT2D eigenvalue weighted by Crippen LogP contribution is 2.40. The number of rotatable bonds is 26. The number of allylic oxidation sites excluding steroid dienone is 20. The SMILES string of the molecule is C=CCc1ccccc1/C(=C\C(=C)C1=C=C/C=C\C#CC1CN(/C(C)=C/C1=C(C=C)CCCC1)c1ccc(C2=CCC=C(CCCCCC)C=C2)cc1)N(C1=CC=C(c2ccc(CCCCCC)cc2)C=C=C1)c1cc(C)c2c(c1)CCCC2. The van der Waals surface area contributed by atoms with Crippen LogP contribution in [0.3, 0.4) is 0 Å². The molecule has 0 radical (unpaired) electrons. The summed E-state index contributed by atoms with van der Waals surface area (Å²) in [5.41, 5.74) is 31.7. The van der Waals surface area contributed by atoms with Crippen LogP contribution in [-0.2, 0) is 25.7 Å². The van der Waals surface area contributed by atoms with Crippen molar-refractivity contribution in [2.45, 2.75) is 156 Å². The second kappa shape index (κ2) is 31.0. The molecule has 5 aliphatic rings. The fraction of sp³-hybridized carbons (Fsp3) is 0.317. The van der Waals surface area contributed by atoms with E-state index in [1.165, 1.54) is 144 Å². The maximum absolute atomic E-state index is 5.03. The van der Waals surface area contributed by atoms with Crippen LogP contribution in [0.4, 0.5) is 11.4 Å². The predicted octanol–water partition coefficient (Wildman–Crippen LogP) is 21.8. The van der Waals surface area contributed by atoms with Gasteiger partial charge in [0.1, 0.15) is 0 Å². The monoisotopic (exact) mass is 1100 g/mol. The Morgan fingerprint density at radius 2 is 1.46 bits per heavy atom. The van der Waals surface area contributed by atoms with Crippen LogP contribution in [0.2, 0.25) is 0 Å². The highest BCUT2D eigenvalue weighted by Gasteiger charge is 2.27. The minimum Gasteiger partial charge on any atom is -0.344 e. The molecule has 0 amide bonds. The average molecular weight is 1100 g/mol. The molecule has 0 aromatic heterocycles. The normalized spacial score (nSPS) is 17.2. The van der Waals surface area contributed by atoms with Crippen molar-refractivity contribution in [2.24, 2.45) is 5.92 Å². The molecule has 2 heteroatoms. The number of aryl methyl sites for hydroxylation is 3. The Bertz CT molecular complexity index is 3530. The molecule has 5 aliphatic carbocycles. The van der Waals surface area contributed by atoms with Gasteiger partial charge in [-0.15, -0.1) is 18.0 Å². The Labute approximate surface area is 506 Å². The maximum atomic E-state index is 5.03. The number of nitrogens with zero attached hydrogens (tertiary/aromatic N) is 2. The van der Waals surface area contributed by atoms with Crippen LogP contribution in [0.1, 0.15) is 168 Å². The molecule has 0 saturated carbocycles. The van der Waals surface area contributed by atoms with Crippen molar-refractivity contribution in [1.29, 1.82) is 0 Å². The quantitative estimate of drug-likeness (QED) is 0.0203. The molecule has 428 valence electrons. The molecule has 0 saturated heterocycles. The summed E-state index contributed by atoms with van der Waals surface area (Å²) < 4.78 is 0. The molecule has 2 nitrogen and oxygen atoms in total. The summed E-state index contributed by atoms with van der Waals surface area (Å²) >= 11 is 0. The van der Waals surface area contributed by atoms with Gasteiger partial charge in [0, 0.05) is 40.8 Å². The summed E-state index contributed by atoms with van der Waals surface area (Å²) in [5, 5.41) is 0. The molecule has 0 bridgehead atoms. The molecule has 84 heavy (non-hydrogen) atoms. The predicted molar refractivity (Wildman–Crippen MR) is 365 cm³/mol. The Kier molecular flexibility index (Phi) is 22.4. The van der Waals surface area contributed by atoms with E-state index in [-0.39, 0.29) is 5.92 Å². The standard InChI is InChI=1S/C82H90N2/c1-8-12-14-18-31-65-33-28-39-68(48-45-65)71-51-54-76(55-52-71)83(64(7)59-73-36-23-22-34-67(73)11-4)61-75-38-20-16-17-21-42-80(75)63(6)58-82(81-44-27-24-35-72(81)30-10-3)84(78-57-62(5)79-43-26-25-37-74(79)60-78)77-41-29-40-69(53-56-77)70-49-46-66(47-50-70)32-19-15-13-9-2/h10-11,16-17,21,24,27,33,35,39-41,44-60,75H,3-4,6,8-9,12-15,18-19,22-23,25-26,28,30-32,34,36-37,43,61H2,1-2,5,7H3/b17-16-,64-59+,82-58+. The lowest BCUT2D eigenvalue weighted by Gasteiger charge is -2.33. The number of benzene rings is 4. The molecule has 0 N–H and O–H groups in total. The van der Waals surface area contributed by atoms with Crippen molar-refractivity contribution in [2.75, 3.05) is 16.3 Å². The maximum Gasteiger partial charge on any atom is 0.0713 e. The molecule has 0 spiro atoms. The molecule has 4 aromatic rings. The smallest absolute Gasteiger partial charge is 0.0713 e. The third kappa shape index (κ3) is 16.0. The second-order valence-electron chi connectivity index (χ2n) is 23.5. The van der Waals surface area contributed by atoms with Crippen LogP contribution >= 0.6 is 0 Å². The first-order valence-electron chi connectivity index (χ1n) is 31.8. The van der Waals surface area contributed by atoms with Gasteiger partial charge in [0.2, 0.25) is 0 Å². The van der Waals surface area contributed by atoms with Gasteiger partial charge in [0.05, 0.1) is 17.3 Å². The number of anilines is 2. The molecular weight excluding hydrogens is 1010 g/mol. The lowest BCUT2D eigenvalue weighted by Crippen LogP contribution is -2.29. The van der Waals surface area contributed by atoms with Crippen molar-refractivity contribution >= 4 is 28.2 Å².